The number of amides is 1. The molecule has 2 heterocycles. The summed E-state index contributed by atoms with van der Waals surface area (Å²) in [7, 11) is 0. The lowest BCUT2D eigenvalue weighted by Crippen LogP contribution is -2.22. The van der Waals surface area contributed by atoms with Gasteiger partial charge in [0.1, 0.15) is 11.4 Å². The van der Waals surface area contributed by atoms with Gasteiger partial charge in [-0.15, -0.1) is 0 Å². The third kappa shape index (κ3) is 5.10. The zero-order chi connectivity index (χ0) is 24.7. The van der Waals surface area contributed by atoms with Crippen LogP contribution in [0.4, 0.5) is 14.5 Å². The number of nitrogens with one attached hydrogen (secondary N) is 1. The number of alkyl halides is 2. The summed E-state index contributed by atoms with van der Waals surface area (Å²) in [4.78, 5) is 16.7. The van der Waals surface area contributed by atoms with Crippen LogP contribution in [0.3, 0.4) is 0 Å². The van der Waals surface area contributed by atoms with Crippen molar-refractivity contribution in [2.24, 2.45) is 5.92 Å². The molecular formula is C25H30F2N4O3. The fourth-order valence-electron chi connectivity index (χ4n) is 4.47. The van der Waals surface area contributed by atoms with Crippen molar-refractivity contribution >= 4 is 22.5 Å². The number of aliphatic hydroxyl groups excluding tert-OH is 1. The molecule has 3 N–H and O–H groups in total. The molecule has 1 fully saturated rings. The van der Waals surface area contributed by atoms with Gasteiger partial charge in [0.2, 0.25) is 0 Å². The molecule has 1 amide bonds. The van der Waals surface area contributed by atoms with Crippen molar-refractivity contribution in [2.75, 3.05) is 11.9 Å². The van der Waals surface area contributed by atoms with Crippen molar-refractivity contribution < 1.29 is 23.8 Å². The predicted octanol–water partition coefficient (Wildman–Crippen LogP) is 4.75. The standard InChI is InChI=1S/C25H30F2N4O3/c1-24(2,34)18-12-20-16(13-31(30-20)17-9-7-15(14-32)8-10-17)11-21(18)29-23(33)19-5-4-6-22(28-19)25(3,26)27/h4-6,11-13,15,17,32,34H,7-10,14H2,1-3H3,(H,29,33)/t15-,17-. The van der Waals surface area contributed by atoms with Crippen LogP contribution in [-0.2, 0) is 11.5 Å². The highest BCUT2D eigenvalue weighted by Gasteiger charge is 2.28. The summed E-state index contributed by atoms with van der Waals surface area (Å²) in [5.74, 6) is -3.48. The van der Waals surface area contributed by atoms with Gasteiger partial charge < -0.3 is 15.5 Å². The van der Waals surface area contributed by atoms with Crippen LogP contribution in [0.5, 0.6) is 0 Å². The fourth-order valence-corrected chi connectivity index (χ4v) is 4.47. The smallest absolute Gasteiger partial charge is 0.287 e. The summed E-state index contributed by atoms with van der Waals surface area (Å²) < 4.78 is 29.3. The third-order valence-electron chi connectivity index (χ3n) is 6.45. The molecule has 0 radical (unpaired) electrons. The highest BCUT2D eigenvalue weighted by atomic mass is 19.3. The molecule has 0 spiro atoms. The molecule has 3 aromatic rings. The first-order valence-corrected chi connectivity index (χ1v) is 11.5. The third-order valence-corrected chi connectivity index (χ3v) is 6.45. The number of rotatable bonds is 6. The molecule has 34 heavy (non-hydrogen) atoms. The van der Waals surface area contributed by atoms with E-state index in [1.165, 1.54) is 18.2 Å². The van der Waals surface area contributed by atoms with Gasteiger partial charge in [-0.3, -0.25) is 9.48 Å². The van der Waals surface area contributed by atoms with Crippen LogP contribution in [0, 0.1) is 5.92 Å². The van der Waals surface area contributed by atoms with Gasteiger partial charge in [0.25, 0.3) is 11.8 Å². The van der Waals surface area contributed by atoms with Crippen molar-refractivity contribution in [2.45, 2.75) is 64.0 Å². The van der Waals surface area contributed by atoms with E-state index in [1.807, 2.05) is 10.9 Å². The van der Waals surface area contributed by atoms with E-state index >= 15 is 0 Å². The number of carbonyl (C=O) groups excluding carboxylic acids is 1. The molecule has 0 atom stereocenters. The number of aromatic nitrogens is 3. The normalized spacial score (nSPS) is 19.4. The lowest BCUT2D eigenvalue weighted by molar-refractivity contribution is 0.0126. The first-order chi connectivity index (χ1) is 16.0. The van der Waals surface area contributed by atoms with Crippen molar-refractivity contribution in [3.05, 3.63) is 53.5 Å². The maximum atomic E-state index is 13.7. The molecule has 0 saturated heterocycles. The van der Waals surface area contributed by atoms with Gasteiger partial charge in [-0.05, 0) is 69.7 Å². The van der Waals surface area contributed by atoms with Crippen LogP contribution in [0.1, 0.15) is 74.2 Å². The number of nitrogens with zero attached hydrogens (tertiary/aromatic N) is 3. The Labute approximate surface area is 196 Å². The highest BCUT2D eigenvalue weighted by molar-refractivity contribution is 6.04. The van der Waals surface area contributed by atoms with E-state index in [4.69, 9.17) is 5.10 Å². The Morgan fingerprint density at radius 3 is 2.50 bits per heavy atom. The van der Waals surface area contributed by atoms with Crippen molar-refractivity contribution in [1.82, 2.24) is 14.8 Å². The van der Waals surface area contributed by atoms with Crippen LogP contribution in [0.15, 0.2) is 36.5 Å². The Morgan fingerprint density at radius 1 is 1.18 bits per heavy atom. The largest absolute Gasteiger partial charge is 0.396 e. The Morgan fingerprint density at radius 2 is 1.88 bits per heavy atom. The number of carbonyl (C=O) groups is 1. The molecule has 0 aliphatic heterocycles. The Balaban J connectivity index is 1.66. The molecule has 1 aromatic carbocycles. The summed E-state index contributed by atoms with van der Waals surface area (Å²) in [5, 5.41) is 28.4. The van der Waals surface area contributed by atoms with E-state index in [0.29, 0.717) is 22.7 Å². The van der Waals surface area contributed by atoms with Crippen molar-refractivity contribution in [1.29, 1.82) is 0 Å². The van der Waals surface area contributed by atoms with Crippen LogP contribution in [0.2, 0.25) is 0 Å². The number of benzene rings is 1. The van der Waals surface area contributed by atoms with Gasteiger partial charge in [-0.1, -0.05) is 6.07 Å². The van der Waals surface area contributed by atoms with Gasteiger partial charge in [0.05, 0.1) is 17.2 Å². The topological polar surface area (TPSA) is 100 Å². The number of anilines is 1. The molecule has 1 aliphatic rings. The molecule has 9 heteroatoms. The van der Waals surface area contributed by atoms with E-state index in [1.54, 1.807) is 26.0 Å². The van der Waals surface area contributed by atoms with Crippen molar-refractivity contribution in [3.8, 4) is 0 Å². The maximum Gasteiger partial charge on any atom is 0.287 e. The minimum atomic E-state index is -3.17. The van der Waals surface area contributed by atoms with Crippen LogP contribution < -0.4 is 5.32 Å². The number of hydrogen-bond acceptors (Lipinski definition) is 5. The van der Waals surface area contributed by atoms with Crippen molar-refractivity contribution in [3.63, 3.8) is 0 Å². The van der Waals surface area contributed by atoms with E-state index in [-0.39, 0.29) is 18.3 Å². The lowest BCUT2D eigenvalue weighted by Gasteiger charge is -2.27. The average Bonchev–Trinajstić information content (AvgIpc) is 3.20. The second kappa shape index (κ2) is 9.03. The molecule has 7 nitrogen and oxygen atoms in total. The molecule has 4 rings (SSSR count). The summed E-state index contributed by atoms with van der Waals surface area (Å²) in [6.45, 7) is 4.14. The molecular weight excluding hydrogens is 442 g/mol. The molecule has 0 unspecified atom stereocenters. The van der Waals surface area contributed by atoms with E-state index in [2.05, 4.69) is 10.3 Å². The second-order valence-corrected chi connectivity index (χ2v) is 9.73. The second-order valence-electron chi connectivity index (χ2n) is 9.73. The maximum absolute atomic E-state index is 13.7. The molecule has 0 bridgehead atoms. The van der Waals surface area contributed by atoms with Crippen LogP contribution in [0.25, 0.3) is 10.9 Å². The number of halogens is 2. The van der Waals surface area contributed by atoms with Gasteiger partial charge in [-0.2, -0.15) is 13.9 Å². The number of hydrogen-bond donors (Lipinski definition) is 3. The first kappa shape index (κ1) is 24.2. The zero-order valence-corrected chi connectivity index (χ0v) is 19.6. The predicted molar refractivity (Wildman–Crippen MR) is 125 cm³/mol. The number of aliphatic hydroxyl groups is 2. The summed E-state index contributed by atoms with van der Waals surface area (Å²) >= 11 is 0. The van der Waals surface area contributed by atoms with E-state index < -0.39 is 23.1 Å². The number of fused-ring (bicyclic) bond motifs is 1. The lowest BCUT2D eigenvalue weighted by atomic mass is 9.87. The monoisotopic (exact) mass is 472 g/mol. The molecule has 1 saturated carbocycles. The van der Waals surface area contributed by atoms with Gasteiger partial charge >= 0.3 is 0 Å². The van der Waals surface area contributed by atoms with Crippen LogP contribution in [-0.4, -0.2) is 37.5 Å². The van der Waals surface area contributed by atoms with Gasteiger partial charge in [0.15, 0.2) is 0 Å². The zero-order valence-electron chi connectivity index (χ0n) is 19.6. The highest BCUT2D eigenvalue weighted by Crippen LogP contribution is 2.35. The Hall–Kier alpha value is -2.91. The molecule has 1 aliphatic carbocycles. The SMILES string of the molecule is CC(C)(O)c1cc2nn([C@H]3CC[C@H](CO)CC3)cc2cc1NC(=O)c1cccc(C(C)(F)F)n1. The number of pyridine rings is 1. The average molecular weight is 473 g/mol. The first-order valence-electron chi connectivity index (χ1n) is 11.5. The molecule has 182 valence electrons. The fraction of sp³-hybridized carbons (Fsp3) is 0.480. The minimum Gasteiger partial charge on any atom is -0.396 e. The quantitative estimate of drug-likeness (QED) is 0.481. The Bertz CT molecular complexity index is 1190. The Kier molecular flexibility index (Phi) is 6.44. The minimum absolute atomic E-state index is 0.142. The van der Waals surface area contributed by atoms with E-state index in [0.717, 1.165) is 38.0 Å². The van der Waals surface area contributed by atoms with Gasteiger partial charge in [-0.25, -0.2) is 4.98 Å². The van der Waals surface area contributed by atoms with E-state index in [9.17, 15) is 23.8 Å². The molecule has 2 aromatic heterocycles. The summed E-state index contributed by atoms with van der Waals surface area (Å²) in [6, 6.07) is 7.61. The van der Waals surface area contributed by atoms with Gasteiger partial charge in [0, 0.05) is 36.4 Å². The van der Waals surface area contributed by atoms with Crippen LogP contribution >= 0.6 is 0 Å². The summed E-state index contributed by atoms with van der Waals surface area (Å²) in [5.41, 5.74) is -0.410. The summed E-state index contributed by atoms with van der Waals surface area (Å²) in [6.07, 6.45) is 5.64.